The summed E-state index contributed by atoms with van der Waals surface area (Å²) in [7, 11) is 0. The third-order valence-corrected chi connectivity index (χ3v) is 4.88. The van der Waals surface area contributed by atoms with Crippen LogP contribution in [0.1, 0.15) is 57.1 Å². The monoisotopic (exact) mass is 259 g/mol. The molecule has 2 N–H and O–H groups in total. The fourth-order valence-corrected chi connectivity index (χ4v) is 3.76. The molecule has 0 unspecified atom stereocenters. The van der Waals surface area contributed by atoms with Crippen LogP contribution in [0.15, 0.2) is 18.2 Å². The van der Waals surface area contributed by atoms with Crippen LogP contribution in [0.5, 0.6) is 5.75 Å². The molecule has 19 heavy (non-hydrogen) atoms. The van der Waals surface area contributed by atoms with E-state index in [4.69, 9.17) is 10.5 Å². The summed E-state index contributed by atoms with van der Waals surface area (Å²) in [5.41, 5.74) is 9.01. The minimum atomic E-state index is -0.0522. The summed E-state index contributed by atoms with van der Waals surface area (Å²) < 4.78 is 6.07. The number of hydrogen-bond acceptors (Lipinski definition) is 2. The van der Waals surface area contributed by atoms with Crippen molar-refractivity contribution in [2.75, 3.05) is 6.54 Å². The zero-order valence-corrected chi connectivity index (χ0v) is 12.2. The molecule has 1 fully saturated rings. The summed E-state index contributed by atoms with van der Waals surface area (Å²) >= 11 is 0. The zero-order valence-electron chi connectivity index (χ0n) is 12.2. The molecule has 1 heterocycles. The molecular formula is C17H25NO. The normalized spacial score (nSPS) is 23.7. The molecule has 104 valence electrons. The molecule has 2 heteroatoms. The van der Waals surface area contributed by atoms with Crippen LogP contribution < -0.4 is 10.5 Å². The second-order valence-corrected chi connectivity index (χ2v) is 6.91. The lowest BCUT2D eigenvalue weighted by atomic mass is 9.69. The molecule has 0 bridgehead atoms. The van der Waals surface area contributed by atoms with Crippen LogP contribution in [0.3, 0.4) is 0 Å². The predicted octanol–water partition coefficient (Wildman–Crippen LogP) is 3.56. The minimum absolute atomic E-state index is 0.0522. The van der Waals surface area contributed by atoms with E-state index in [0.717, 1.165) is 18.7 Å². The van der Waals surface area contributed by atoms with E-state index < -0.39 is 0 Å². The van der Waals surface area contributed by atoms with Crippen LogP contribution in [-0.4, -0.2) is 12.1 Å². The molecular weight excluding hydrogens is 234 g/mol. The molecule has 0 amide bonds. The molecule has 1 aliphatic heterocycles. The summed E-state index contributed by atoms with van der Waals surface area (Å²) in [6, 6.07) is 6.81. The van der Waals surface area contributed by atoms with Crippen molar-refractivity contribution < 1.29 is 4.74 Å². The molecule has 0 atom stereocenters. The number of ether oxygens (including phenoxy) is 1. The highest BCUT2D eigenvalue weighted by Gasteiger charge is 2.35. The maximum absolute atomic E-state index is 6.13. The van der Waals surface area contributed by atoms with Gasteiger partial charge in [-0.1, -0.05) is 31.4 Å². The zero-order chi connectivity index (χ0) is 13.5. The number of hydrogen-bond donors (Lipinski definition) is 1. The standard InChI is InChI=1S/C17H25NO/c1-16(2)11-13-6-7-14(10-15(13)19-16)17(12-18)8-4-3-5-9-17/h6-7,10H,3-5,8-9,11-12,18H2,1-2H3. The van der Waals surface area contributed by atoms with Crippen molar-refractivity contribution in [1.29, 1.82) is 0 Å². The Morgan fingerprint density at radius 2 is 1.89 bits per heavy atom. The second kappa shape index (κ2) is 4.52. The van der Waals surface area contributed by atoms with Crippen molar-refractivity contribution in [3.05, 3.63) is 29.3 Å². The summed E-state index contributed by atoms with van der Waals surface area (Å²) in [6.45, 7) is 5.08. The van der Waals surface area contributed by atoms with Crippen LogP contribution in [0, 0.1) is 0 Å². The molecule has 1 aromatic carbocycles. The maximum atomic E-state index is 6.13. The molecule has 0 spiro atoms. The van der Waals surface area contributed by atoms with Gasteiger partial charge in [0.15, 0.2) is 0 Å². The van der Waals surface area contributed by atoms with Crippen molar-refractivity contribution in [2.45, 2.75) is 63.4 Å². The van der Waals surface area contributed by atoms with Crippen molar-refractivity contribution in [3.63, 3.8) is 0 Å². The highest BCUT2D eigenvalue weighted by atomic mass is 16.5. The van der Waals surface area contributed by atoms with Gasteiger partial charge in [0, 0.05) is 18.4 Å². The fraction of sp³-hybridized carbons (Fsp3) is 0.647. The average Bonchev–Trinajstić information content (AvgIpc) is 2.72. The van der Waals surface area contributed by atoms with Gasteiger partial charge in [-0.25, -0.2) is 0 Å². The number of nitrogens with two attached hydrogens (primary N) is 1. The first-order chi connectivity index (χ1) is 9.05. The predicted molar refractivity (Wildman–Crippen MR) is 78.7 cm³/mol. The first-order valence-corrected chi connectivity index (χ1v) is 7.57. The maximum Gasteiger partial charge on any atom is 0.123 e. The molecule has 1 aromatic rings. The molecule has 1 saturated carbocycles. The first kappa shape index (κ1) is 13.0. The molecule has 1 aliphatic carbocycles. The summed E-state index contributed by atoms with van der Waals surface area (Å²) in [4.78, 5) is 0. The van der Waals surface area contributed by atoms with Crippen LogP contribution in [0.2, 0.25) is 0 Å². The van der Waals surface area contributed by atoms with Crippen LogP contribution in [-0.2, 0) is 11.8 Å². The second-order valence-electron chi connectivity index (χ2n) is 6.91. The van der Waals surface area contributed by atoms with Gasteiger partial charge in [-0.2, -0.15) is 0 Å². The smallest absolute Gasteiger partial charge is 0.123 e. The van der Waals surface area contributed by atoms with Gasteiger partial charge >= 0.3 is 0 Å². The van der Waals surface area contributed by atoms with Gasteiger partial charge in [0.2, 0.25) is 0 Å². The summed E-state index contributed by atoms with van der Waals surface area (Å²) in [5, 5.41) is 0. The van der Waals surface area contributed by atoms with Gasteiger partial charge in [-0.05, 0) is 43.9 Å². The lowest BCUT2D eigenvalue weighted by Crippen LogP contribution is -2.37. The number of rotatable bonds is 2. The number of benzene rings is 1. The van der Waals surface area contributed by atoms with Gasteiger partial charge in [-0.15, -0.1) is 0 Å². The van der Waals surface area contributed by atoms with Crippen molar-refractivity contribution in [2.24, 2.45) is 5.73 Å². The third-order valence-electron chi connectivity index (χ3n) is 4.88. The van der Waals surface area contributed by atoms with E-state index in [9.17, 15) is 0 Å². The van der Waals surface area contributed by atoms with Gasteiger partial charge in [0.1, 0.15) is 11.4 Å². The van der Waals surface area contributed by atoms with Crippen molar-refractivity contribution in [1.82, 2.24) is 0 Å². The highest BCUT2D eigenvalue weighted by molar-refractivity contribution is 5.44. The Kier molecular flexibility index (Phi) is 3.09. The van der Waals surface area contributed by atoms with E-state index in [1.54, 1.807) is 0 Å². The van der Waals surface area contributed by atoms with E-state index in [0.29, 0.717) is 0 Å². The third kappa shape index (κ3) is 2.27. The van der Waals surface area contributed by atoms with Crippen LogP contribution in [0.4, 0.5) is 0 Å². The van der Waals surface area contributed by atoms with Gasteiger partial charge in [0.05, 0.1) is 0 Å². The van der Waals surface area contributed by atoms with E-state index in [1.807, 2.05) is 0 Å². The Morgan fingerprint density at radius 1 is 1.16 bits per heavy atom. The van der Waals surface area contributed by atoms with E-state index in [2.05, 4.69) is 32.0 Å². The Labute approximate surface area is 116 Å². The van der Waals surface area contributed by atoms with Crippen LogP contribution >= 0.6 is 0 Å². The Bertz CT molecular complexity index is 472. The molecule has 0 aromatic heterocycles. The van der Waals surface area contributed by atoms with Crippen molar-refractivity contribution in [3.8, 4) is 5.75 Å². The van der Waals surface area contributed by atoms with E-state index in [1.165, 1.54) is 43.2 Å². The largest absolute Gasteiger partial charge is 0.487 e. The first-order valence-electron chi connectivity index (χ1n) is 7.57. The Morgan fingerprint density at radius 3 is 2.58 bits per heavy atom. The van der Waals surface area contributed by atoms with Crippen LogP contribution in [0.25, 0.3) is 0 Å². The quantitative estimate of drug-likeness (QED) is 0.881. The number of fused-ring (bicyclic) bond motifs is 1. The minimum Gasteiger partial charge on any atom is -0.487 e. The lowest BCUT2D eigenvalue weighted by molar-refractivity contribution is 0.138. The van der Waals surface area contributed by atoms with E-state index >= 15 is 0 Å². The highest BCUT2D eigenvalue weighted by Crippen LogP contribution is 2.43. The fourth-order valence-electron chi connectivity index (χ4n) is 3.76. The molecule has 2 aliphatic rings. The lowest BCUT2D eigenvalue weighted by Gasteiger charge is -2.37. The topological polar surface area (TPSA) is 35.2 Å². The molecule has 0 saturated heterocycles. The average molecular weight is 259 g/mol. The molecule has 3 rings (SSSR count). The Balaban J connectivity index is 1.94. The summed E-state index contributed by atoms with van der Waals surface area (Å²) in [5.74, 6) is 1.08. The van der Waals surface area contributed by atoms with Crippen molar-refractivity contribution >= 4 is 0 Å². The summed E-state index contributed by atoms with van der Waals surface area (Å²) in [6.07, 6.45) is 7.44. The van der Waals surface area contributed by atoms with Gasteiger partial charge < -0.3 is 10.5 Å². The van der Waals surface area contributed by atoms with Gasteiger partial charge in [0.25, 0.3) is 0 Å². The SMILES string of the molecule is CC1(C)Cc2ccc(C3(CN)CCCCC3)cc2O1. The molecule has 0 radical (unpaired) electrons. The molecule has 2 nitrogen and oxygen atoms in total. The Hall–Kier alpha value is -1.02. The van der Waals surface area contributed by atoms with Gasteiger partial charge in [-0.3, -0.25) is 0 Å². The van der Waals surface area contributed by atoms with E-state index in [-0.39, 0.29) is 11.0 Å².